The normalized spacial score (nSPS) is 10.5. The molecule has 8 nitrogen and oxygen atoms in total. The number of carbonyl (C=O) groups excluding carboxylic acids is 2. The first-order valence-corrected chi connectivity index (χ1v) is 10.4. The van der Waals surface area contributed by atoms with Gasteiger partial charge in [-0.25, -0.2) is 8.78 Å². The van der Waals surface area contributed by atoms with Crippen LogP contribution in [0.15, 0.2) is 40.7 Å². The Kier molecular flexibility index (Phi) is 7.36. The molecule has 0 fully saturated rings. The van der Waals surface area contributed by atoms with E-state index >= 15 is 0 Å². The van der Waals surface area contributed by atoms with E-state index in [1.165, 1.54) is 14.2 Å². The number of aromatic nitrogens is 2. The van der Waals surface area contributed by atoms with Crippen molar-refractivity contribution in [1.82, 2.24) is 10.2 Å². The second-order valence-corrected chi connectivity index (χ2v) is 8.03. The number of hydrogen-bond acceptors (Lipinski definition) is 8. The van der Waals surface area contributed by atoms with Gasteiger partial charge in [-0.05, 0) is 24.3 Å². The molecule has 2 amide bonds. The van der Waals surface area contributed by atoms with E-state index in [4.69, 9.17) is 9.47 Å². The Labute approximate surface area is 184 Å². The summed E-state index contributed by atoms with van der Waals surface area (Å²) in [7, 11) is 2.99. The molecule has 0 atom stereocenters. The lowest BCUT2D eigenvalue weighted by Crippen LogP contribution is -2.15. The van der Waals surface area contributed by atoms with Crippen LogP contribution in [0.3, 0.4) is 0 Å². The zero-order chi connectivity index (χ0) is 22.4. The molecule has 0 aliphatic carbocycles. The average molecular weight is 466 g/mol. The van der Waals surface area contributed by atoms with Crippen molar-refractivity contribution in [2.75, 3.05) is 30.6 Å². The maximum Gasteiger partial charge on any atom is 0.263 e. The Hall–Kier alpha value is -3.25. The van der Waals surface area contributed by atoms with Gasteiger partial charge < -0.3 is 14.8 Å². The van der Waals surface area contributed by atoms with Gasteiger partial charge in [-0.2, -0.15) is 0 Å². The molecule has 1 heterocycles. The number of benzene rings is 2. The zero-order valence-corrected chi connectivity index (χ0v) is 17.9. The lowest BCUT2D eigenvalue weighted by Gasteiger charge is -2.11. The van der Waals surface area contributed by atoms with Gasteiger partial charge in [0.05, 0.1) is 25.7 Å². The van der Waals surface area contributed by atoms with Crippen LogP contribution in [0, 0.1) is 11.6 Å². The van der Waals surface area contributed by atoms with Crippen molar-refractivity contribution in [3.8, 4) is 11.5 Å². The van der Waals surface area contributed by atoms with E-state index in [1.54, 1.807) is 18.2 Å². The topological polar surface area (TPSA) is 102 Å². The summed E-state index contributed by atoms with van der Waals surface area (Å²) in [5, 5.41) is 12.7. The van der Waals surface area contributed by atoms with E-state index in [0.717, 1.165) is 41.3 Å². The Bertz CT molecular complexity index is 1090. The lowest BCUT2D eigenvalue weighted by atomic mass is 10.2. The minimum absolute atomic E-state index is 0.00485. The number of ether oxygens (including phenoxy) is 2. The van der Waals surface area contributed by atoms with Gasteiger partial charge in [0, 0.05) is 6.07 Å². The third-order valence-electron chi connectivity index (χ3n) is 3.82. The Morgan fingerprint density at radius 3 is 2.48 bits per heavy atom. The summed E-state index contributed by atoms with van der Waals surface area (Å²) in [5.41, 5.74) is -0.261. The van der Waals surface area contributed by atoms with Gasteiger partial charge in [0.1, 0.15) is 28.7 Å². The summed E-state index contributed by atoms with van der Waals surface area (Å²) in [6.45, 7) is 0. The number of nitrogens with one attached hydrogen (secondary N) is 2. The van der Waals surface area contributed by atoms with Gasteiger partial charge in [0.25, 0.3) is 5.91 Å². The molecule has 0 aliphatic rings. The first-order chi connectivity index (χ1) is 14.9. The number of rotatable bonds is 8. The first kappa shape index (κ1) is 22.4. The zero-order valence-electron chi connectivity index (χ0n) is 16.3. The molecular formula is C19H16F2N4O4S2. The molecule has 0 radical (unpaired) electrons. The predicted octanol–water partition coefficient (Wildman–Crippen LogP) is 3.82. The molecule has 0 aliphatic heterocycles. The Morgan fingerprint density at radius 1 is 1.06 bits per heavy atom. The monoisotopic (exact) mass is 466 g/mol. The highest BCUT2D eigenvalue weighted by Gasteiger charge is 2.19. The molecule has 12 heteroatoms. The summed E-state index contributed by atoms with van der Waals surface area (Å²) < 4.78 is 38.1. The van der Waals surface area contributed by atoms with Crippen molar-refractivity contribution in [3.05, 3.63) is 53.6 Å². The van der Waals surface area contributed by atoms with Crippen molar-refractivity contribution in [1.29, 1.82) is 0 Å². The van der Waals surface area contributed by atoms with Crippen LogP contribution in [0.2, 0.25) is 0 Å². The number of halogens is 2. The van der Waals surface area contributed by atoms with Crippen LogP contribution in [0.25, 0.3) is 0 Å². The molecule has 0 saturated heterocycles. The van der Waals surface area contributed by atoms with Crippen LogP contribution < -0.4 is 20.1 Å². The van der Waals surface area contributed by atoms with Gasteiger partial charge >= 0.3 is 0 Å². The van der Waals surface area contributed by atoms with E-state index < -0.39 is 23.1 Å². The molecule has 3 aromatic rings. The summed E-state index contributed by atoms with van der Waals surface area (Å²) in [6, 6.07) is 8.12. The number of thioether (sulfide) groups is 1. The summed E-state index contributed by atoms with van der Waals surface area (Å²) in [5.74, 6) is -2.25. The SMILES string of the molecule is COc1ccc(OC)c(NC(=O)CSc2nnc(NC(=O)c3c(F)cccc3F)s2)c1. The summed E-state index contributed by atoms with van der Waals surface area (Å²) in [4.78, 5) is 24.4. The third kappa shape index (κ3) is 5.67. The maximum atomic E-state index is 13.7. The molecule has 0 bridgehead atoms. The second-order valence-electron chi connectivity index (χ2n) is 5.83. The molecule has 1 aromatic heterocycles. The van der Waals surface area contributed by atoms with Crippen molar-refractivity contribution in [3.63, 3.8) is 0 Å². The average Bonchev–Trinajstić information content (AvgIpc) is 3.19. The molecule has 2 aromatic carbocycles. The smallest absolute Gasteiger partial charge is 0.263 e. The fraction of sp³-hybridized carbons (Fsp3) is 0.158. The number of anilines is 2. The number of hydrogen-bond donors (Lipinski definition) is 2. The van der Waals surface area contributed by atoms with Gasteiger partial charge in [-0.15, -0.1) is 10.2 Å². The standard InChI is InChI=1S/C19H16F2N4O4S2/c1-28-10-6-7-14(29-2)13(8-10)22-15(26)9-30-19-25-24-18(31-19)23-17(27)16-11(20)4-3-5-12(16)21/h3-8H,9H2,1-2H3,(H,22,26)(H,23,24,27). The van der Waals surface area contributed by atoms with Crippen LogP contribution >= 0.6 is 23.1 Å². The highest BCUT2D eigenvalue weighted by molar-refractivity contribution is 8.01. The summed E-state index contributed by atoms with van der Waals surface area (Å²) >= 11 is 2.05. The molecular weight excluding hydrogens is 450 g/mol. The molecule has 0 unspecified atom stereocenters. The number of amides is 2. The van der Waals surface area contributed by atoms with Gasteiger partial charge in [-0.3, -0.25) is 14.9 Å². The molecule has 31 heavy (non-hydrogen) atoms. The number of carbonyl (C=O) groups is 2. The highest BCUT2D eigenvalue weighted by Crippen LogP contribution is 2.30. The highest BCUT2D eigenvalue weighted by atomic mass is 32.2. The first-order valence-electron chi connectivity index (χ1n) is 8.64. The van der Waals surface area contributed by atoms with E-state index in [0.29, 0.717) is 21.5 Å². The fourth-order valence-corrected chi connectivity index (χ4v) is 3.97. The fourth-order valence-electron chi connectivity index (χ4n) is 2.42. The van der Waals surface area contributed by atoms with Gasteiger partial charge in [-0.1, -0.05) is 29.2 Å². The predicted molar refractivity (Wildman–Crippen MR) is 113 cm³/mol. The van der Waals surface area contributed by atoms with Crippen molar-refractivity contribution in [2.24, 2.45) is 0 Å². The van der Waals surface area contributed by atoms with Crippen molar-refractivity contribution >= 4 is 45.7 Å². The third-order valence-corrected chi connectivity index (χ3v) is 5.80. The van der Waals surface area contributed by atoms with Crippen LogP contribution in [-0.2, 0) is 4.79 Å². The van der Waals surface area contributed by atoms with E-state index in [2.05, 4.69) is 20.8 Å². The van der Waals surface area contributed by atoms with E-state index in [-0.39, 0.29) is 16.8 Å². The van der Waals surface area contributed by atoms with Crippen LogP contribution in [0.1, 0.15) is 10.4 Å². The molecule has 162 valence electrons. The summed E-state index contributed by atoms with van der Waals surface area (Å²) in [6.07, 6.45) is 0. The molecule has 0 spiro atoms. The van der Waals surface area contributed by atoms with Crippen LogP contribution in [0.4, 0.5) is 19.6 Å². The maximum absolute atomic E-state index is 13.7. The molecule has 3 rings (SSSR count). The Balaban J connectivity index is 1.58. The number of nitrogens with zero attached hydrogens (tertiary/aromatic N) is 2. The largest absolute Gasteiger partial charge is 0.497 e. The minimum Gasteiger partial charge on any atom is -0.497 e. The molecule has 2 N–H and O–H groups in total. The van der Waals surface area contributed by atoms with E-state index in [1.807, 2.05) is 0 Å². The van der Waals surface area contributed by atoms with Crippen LogP contribution in [0.5, 0.6) is 11.5 Å². The van der Waals surface area contributed by atoms with Crippen LogP contribution in [-0.4, -0.2) is 42.0 Å². The quantitative estimate of drug-likeness (QED) is 0.384. The lowest BCUT2D eigenvalue weighted by molar-refractivity contribution is -0.113. The Morgan fingerprint density at radius 2 is 1.81 bits per heavy atom. The van der Waals surface area contributed by atoms with Gasteiger partial charge in [0.15, 0.2) is 4.34 Å². The van der Waals surface area contributed by atoms with Crippen molar-refractivity contribution in [2.45, 2.75) is 4.34 Å². The number of methoxy groups -OCH3 is 2. The minimum atomic E-state index is -0.985. The van der Waals surface area contributed by atoms with Gasteiger partial charge in [0.2, 0.25) is 11.0 Å². The second kappa shape index (κ2) is 10.2. The van der Waals surface area contributed by atoms with E-state index in [9.17, 15) is 18.4 Å². The van der Waals surface area contributed by atoms with Crippen molar-refractivity contribution < 1.29 is 27.8 Å². The molecule has 0 saturated carbocycles.